The Morgan fingerprint density at radius 2 is 1.92 bits per heavy atom. The lowest BCUT2D eigenvalue weighted by Gasteiger charge is -2.31. The molecule has 2 aromatic carbocycles. The van der Waals surface area contributed by atoms with Gasteiger partial charge in [-0.3, -0.25) is 9.59 Å². The first kappa shape index (κ1) is 17.9. The summed E-state index contributed by atoms with van der Waals surface area (Å²) in [5.74, 6) is 0.395. The Morgan fingerprint density at radius 1 is 1.15 bits per heavy atom. The molecule has 1 fully saturated rings. The lowest BCUT2D eigenvalue weighted by Crippen LogP contribution is -2.44. The van der Waals surface area contributed by atoms with Gasteiger partial charge < -0.3 is 19.7 Å². The second kappa shape index (κ2) is 8.01. The van der Waals surface area contributed by atoms with Gasteiger partial charge in [-0.1, -0.05) is 6.07 Å². The molecular weight excluding hydrogens is 332 g/mol. The highest BCUT2D eigenvalue weighted by molar-refractivity contribution is 6.05. The molecule has 1 aliphatic heterocycles. The number of benzene rings is 2. The van der Waals surface area contributed by atoms with Gasteiger partial charge >= 0.3 is 0 Å². The molecule has 1 N–H and O–H groups in total. The molecule has 1 aliphatic rings. The Bertz CT molecular complexity index is 789. The normalized spacial score (nSPS) is 16.8. The highest BCUT2D eigenvalue weighted by atomic mass is 16.5. The van der Waals surface area contributed by atoms with Gasteiger partial charge in [-0.15, -0.1) is 0 Å². The van der Waals surface area contributed by atoms with Gasteiger partial charge in [0.1, 0.15) is 5.75 Å². The molecule has 2 aromatic rings. The monoisotopic (exact) mass is 354 g/mol. The van der Waals surface area contributed by atoms with Crippen LogP contribution in [0.5, 0.6) is 5.75 Å². The number of carbonyl (C=O) groups excluding carboxylic acids is 2. The number of hydrogen-bond donors (Lipinski definition) is 1. The van der Waals surface area contributed by atoms with Gasteiger partial charge in [-0.05, 0) is 49.4 Å². The summed E-state index contributed by atoms with van der Waals surface area (Å²) in [6, 6.07) is 13.8. The molecule has 0 radical (unpaired) electrons. The minimum atomic E-state index is -0.239. The van der Waals surface area contributed by atoms with E-state index in [9.17, 15) is 9.59 Å². The summed E-state index contributed by atoms with van der Waals surface area (Å²) in [4.78, 5) is 26.8. The van der Waals surface area contributed by atoms with Crippen molar-refractivity contribution in [1.82, 2.24) is 4.90 Å². The van der Waals surface area contributed by atoms with E-state index in [0.29, 0.717) is 42.3 Å². The van der Waals surface area contributed by atoms with Crippen molar-refractivity contribution in [2.24, 2.45) is 0 Å². The summed E-state index contributed by atoms with van der Waals surface area (Å²) in [6.07, 6.45) is 0.0330. The Hall–Kier alpha value is -2.86. The van der Waals surface area contributed by atoms with Crippen LogP contribution in [0, 0.1) is 0 Å². The molecule has 2 amide bonds. The largest absolute Gasteiger partial charge is 0.497 e. The number of nitrogens with zero attached hydrogens (tertiary/aromatic N) is 1. The number of rotatable bonds is 4. The lowest BCUT2D eigenvalue weighted by atomic mass is 10.1. The van der Waals surface area contributed by atoms with E-state index in [0.717, 1.165) is 0 Å². The van der Waals surface area contributed by atoms with Crippen molar-refractivity contribution in [3.05, 3.63) is 59.7 Å². The fourth-order valence-electron chi connectivity index (χ4n) is 2.86. The van der Waals surface area contributed by atoms with E-state index in [-0.39, 0.29) is 17.9 Å². The van der Waals surface area contributed by atoms with Crippen LogP contribution in [-0.2, 0) is 4.74 Å². The van der Waals surface area contributed by atoms with Gasteiger partial charge in [-0.2, -0.15) is 0 Å². The van der Waals surface area contributed by atoms with Crippen LogP contribution in [0.1, 0.15) is 27.6 Å². The maximum absolute atomic E-state index is 12.7. The van der Waals surface area contributed by atoms with Gasteiger partial charge in [0.25, 0.3) is 11.8 Å². The molecular formula is C20H22N2O4. The molecule has 0 saturated carbocycles. The van der Waals surface area contributed by atoms with E-state index in [4.69, 9.17) is 9.47 Å². The smallest absolute Gasteiger partial charge is 0.255 e. The zero-order valence-corrected chi connectivity index (χ0v) is 14.9. The van der Waals surface area contributed by atoms with Crippen LogP contribution in [0.3, 0.4) is 0 Å². The second-order valence-electron chi connectivity index (χ2n) is 6.20. The van der Waals surface area contributed by atoms with Crippen molar-refractivity contribution < 1.29 is 19.1 Å². The number of hydrogen-bond acceptors (Lipinski definition) is 4. The van der Waals surface area contributed by atoms with Gasteiger partial charge in [-0.25, -0.2) is 0 Å². The van der Waals surface area contributed by atoms with Crippen molar-refractivity contribution in [3.8, 4) is 5.75 Å². The van der Waals surface area contributed by atoms with Gasteiger partial charge in [0, 0.05) is 29.9 Å². The predicted octanol–water partition coefficient (Wildman–Crippen LogP) is 2.81. The third kappa shape index (κ3) is 4.21. The van der Waals surface area contributed by atoms with E-state index < -0.39 is 0 Å². The van der Waals surface area contributed by atoms with Crippen LogP contribution in [0.15, 0.2) is 48.5 Å². The molecule has 0 aromatic heterocycles. The summed E-state index contributed by atoms with van der Waals surface area (Å²) in [5.41, 5.74) is 1.65. The highest BCUT2D eigenvalue weighted by Crippen LogP contribution is 2.17. The van der Waals surface area contributed by atoms with Crippen molar-refractivity contribution in [1.29, 1.82) is 0 Å². The minimum absolute atomic E-state index is 0.0330. The number of carbonyl (C=O) groups is 2. The Balaban J connectivity index is 1.70. The minimum Gasteiger partial charge on any atom is -0.497 e. The van der Waals surface area contributed by atoms with E-state index in [1.807, 2.05) is 6.92 Å². The Morgan fingerprint density at radius 3 is 2.62 bits per heavy atom. The van der Waals surface area contributed by atoms with Crippen LogP contribution < -0.4 is 10.1 Å². The summed E-state index contributed by atoms with van der Waals surface area (Å²) >= 11 is 0. The van der Waals surface area contributed by atoms with Crippen molar-refractivity contribution >= 4 is 17.5 Å². The standard InChI is InChI=1S/C20H22N2O4/c1-14-13-22(10-11-26-14)20(24)16-4-3-5-17(12-16)21-19(23)15-6-8-18(25-2)9-7-15/h3-9,12,14H,10-11,13H2,1-2H3,(H,21,23). The van der Waals surface area contributed by atoms with E-state index in [1.165, 1.54) is 0 Å². The lowest BCUT2D eigenvalue weighted by molar-refractivity contribution is -0.0124. The van der Waals surface area contributed by atoms with Gasteiger partial charge in [0.15, 0.2) is 0 Å². The maximum atomic E-state index is 12.7. The first-order valence-corrected chi connectivity index (χ1v) is 8.53. The Labute approximate surface area is 152 Å². The fraction of sp³-hybridized carbons (Fsp3) is 0.300. The molecule has 1 atom stereocenters. The van der Waals surface area contributed by atoms with Gasteiger partial charge in [0.05, 0.1) is 19.8 Å². The van der Waals surface area contributed by atoms with E-state index in [1.54, 1.807) is 60.5 Å². The van der Waals surface area contributed by atoms with Crippen molar-refractivity contribution in [2.45, 2.75) is 13.0 Å². The van der Waals surface area contributed by atoms with Crippen molar-refractivity contribution in [2.75, 3.05) is 32.1 Å². The third-order valence-electron chi connectivity index (χ3n) is 4.25. The summed E-state index contributed by atoms with van der Waals surface area (Å²) in [6.45, 7) is 3.64. The zero-order valence-electron chi connectivity index (χ0n) is 14.9. The Kier molecular flexibility index (Phi) is 5.53. The quantitative estimate of drug-likeness (QED) is 0.917. The SMILES string of the molecule is COc1ccc(C(=O)Nc2cccc(C(=O)N3CCOC(C)C3)c2)cc1. The molecule has 26 heavy (non-hydrogen) atoms. The number of methoxy groups -OCH3 is 1. The summed E-state index contributed by atoms with van der Waals surface area (Å²) < 4.78 is 10.6. The molecule has 1 saturated heterocycles. The van der Waals surface area contributed by atoms with Crippen LogP contribution in [0.4, 0.5) is 5.69 Å². The van der Waals surface area contributed by atoms with E-state index >= 15 is 0 Å². The highest BCUT2D eigenvalue weighted by Gasteiger charge is 2.22. The molecule has 1 unspecified atom stereocenters. The maximum Gasteiger partial charge on any atom is 0.255 e. The number of amides is 2. The number of morpholine rings is 1. The zero-order chi connectivity index (χ0) is 18.5. The number of nitrogens with one attached hydrogen (secondary N) is 1. The van der Waals surface area contributed by atoms with Crippen LogP contribution in [0.25, 0.3) is 0 Å². The molecule has 3 rings (SSSR count). The number of ether oxygens (including phenoxy) is 2. The number of anilines is 1. The average Bonchev–Trinajstić information content (AvgIpc) is 2.67. The molecule has 6 heteroatoms. The third-order valence-corrected chi connectivity index (χ3v) is 4.25. The molecule has 0 bridgehead atoms. The molecule has 1 heterocycles. The first-order chi connectivity index (χ1) is 12.6. The van der Waals surface area contributed by atoms with Crippen LogP contribution in [-0.4, -0.2) is 49.6 Å². The van der Waals surface area contributed by atoms with Crippen LogP contribution in [0.2, 0.25) is 0 Å². The van der Waals surface area contributed by atoms with Crippen LogP contribution >= 0.6 is 0 Å². The second-order valence-corrected chi connectivity index (χ2v) is 6.20. The topological polar surface area (TPSA) is 67.9 Å². The average molecular weight is 354 g/mol. The van der Waals surface area contributed by atoms with Crippen molar-refractivity contribution in [3.63, 3.8) is 0 Å². The van der Waals surface area contributed by atoms with E-state index in [2.05, 4.69) is 5.32 Å². The molecule has 0 aliphatic carbocycles. The van der Waals surface area contributed by atoms with Gasteiger partial charge in [0.2, 0.25) is 0 Å². The molecule has 6 nitrogen and oxygen atoms in total. The fourth-order valence-corrected chi connectivity index (χ4v) is 2.86. The molecule has 0 spiro atoms. The molecule has 136 valence electrons. The summed E-state index contributed by atoms with van der Waals surface area (Å²) in [5, 5.41) is 2.83. The predicted molar refractivity (Wildman–Crippen MR) is 98.7 cm³/mol. The summed E-state index contributed by atoms with van der Waals surface area (Å²) in [7, 11) is 1.58. The first-order valence-electron chi connectivity index (χ1n) is 8.53.